The standard InChI is InChI=1S/C15H18O2/c1-10-5-2-3-6-11(10)9-15-8-4-7-12(15)13(15)14(16)17/h2-3,5-6,12-13H,4,7-9H2,1H3,(H,16,17). The van der Waals surface area contributed by atoms with Gasteiger partial charge in [-0.25, -0.2) is 0 Å². The van der Waals surface area contributed by atoms with Crippen LogP contribution in [0.5, 0.6) is 0 Å². The number of aliphatic carboxylic acids is 1. The molecule has 3 unspecified atom stereocenters. The third-order valence-electron chi connectivity index (χ3n) is 4.86. The SMILES string of the molecule is Cc1ccccc1CC12CCCC1C2C(=O)O. The topological polar surface area (TPSA) is 37.3 Å². The Morgan fingerprint density at radius 2 is 2.24 bits per heavy atom. The second kappa shape index (κ2) is 3.59. The zero-order chi connectivity index (χ0) is 12.0. The maximum absolute atomic E-state index is 11.3. The zero-order valence-electron chi connectivity index (χ0n) is 10.1. The number of aryl methyl sites for hydroxylation is 1. The molecule has 0 spiro atoms. The first kappa shape index (κ1) is 10.8. The summed E-state index contributed by atoms with van der Waals surface area (Å²) in [6, 6.07) is 8.37. The Labute approximate surface area is 102 Å². The summed E-state index contributed by atoms with van der Waals surface area (Å²) in [4.78, 5) is 11.3. The predicted molar refractivity (Wildman–Crippen MR) is 65.8 cm³/mol. The largest absolute Gasteiger partial charge is 0.481 e. The average Bonchev–Trinajstić information content (AvgIpc) is 2.72. The van der Waals surface area contributed by atoms with Crippen molar-refractivity contribution in [1.29, 1.82) is 0 Å². The van der Waals surface area contributed by atoms with Crippen molar-refractivity contribution in [2.24, 2.45) is 17.3 Å². The van der Waals surface area contributed by atoms with Crippen molar-refractivity contribution in [2.75, 3.05) is 0 Å². The Hall–Kier alpha value is -1.31. The first-order valence-corrected chi connectivity index (χ1v) is 6.42. The summed E-state index contributed by atoms with van der Waals surface area (Å²) in [7, 11) is 0. The molecule has 2 heteroatoms. The van der Waals surface area contributed by atoms with Crippen LogP contribution in [0.3, 0.4) is 0 Å². The van der Waals surface area contributed by atoms with E-state index in [1.54, 1.807) is 0 Å². The average molecular weight is 230 g/mol. The number of rotatable bonds is 3. The Morgan fingerprint density at radius 3 is 2.88 bits per heavy atom. The van der Waals surface area contributed by atoms with E-state index in [9.17, 15) is 9.90 Å². The molecule has 2 saturated carbocycles. The lowest BCUT2D eigenvalue weighted by Crippen LogP contribution is -2.13. The number of carboxylic acids is 1. The molecule has 0 aliphatic heterocycles. The molecule has 2 aliphatic carbocycles. The lowest BCUT2D eigenvalue weighted by Gasteiger charge is -2.15. The van der Waals surface area contributed by atoms with E-state index < -0.39 is 5.97 Å². The van der Waals surface area contributed by atoms with Gasteiger partial charge in [-0.15, -0.1) is 0 Å². The highest BCUT2D eigenvalue weighted by molar-refractivity contribution is 5.76. The van der Waals surface area contributed by atoms with Crippen LogP contribution in [0, 0.1) is 24.2 Å². The molecule has 0 amide bonds. The maximum atomic E-state index is 11.3. The van der Waals surface area contributed by atoms with Crippen LogP contribution in [0.4, 0.5) is 0 Å². The molecular weight excluding hydrogens is 212 g/mol. The molecule has 90 valence electrons. The van der Waals surface area contributed by atoms with Crippen LogP contribution >= 0.6 is 0 Å². The molecule has 0 heterocycles. The molecule has 0 saturated heterocycles. The van der Waals surface area contributed by atoms with E-state index in [2.05, 4.69) is 25.1 Å². The van der Waals surface area contributed by atoms with Crippen LogP contribution in [0.1, 0.15) is 30.4 Å². The van der Waals surface area contributed by atoms with Gasteiger partial charge < -0.3 is 5.11 Å². The highest BCUT2D eigenvalue weighted by Gasteiger charge is 2.69. The van der Waals surface area contributed by atoms with E-state index in [0.717, 1.165) is 19.3 Å². The molecule has 0 aromatic heterocycles. The van der Waals surface area contributed by atoms with Gasteiger partial charge in [0.15, 0.2) is 0 Å². The monoisotopic (exact) mass is 230 g/mol. The van der Waals surface area contributed by atoms with E-state index in [0.29, 0.717) is 5.92 Å². The van der Waals surface area contributed by atoms with E-state index in [4.69, 9.17) is 0 Å². The fourth-order valence-electron chi connectivity index (χ4n) is 3.93. The second-order valence-corrected chi connectivity index (χ2v) is 5.65. The van der Waals surface area contributed by atoms with Crippen molar-refractivity contribution >= 4 is 5.97 Å². The van der Waals surface area contributed by atoms with Crippen molar-refractivity contribution in [3.8, 4) is 0 Å². The van der Waals surface area contributed by atoms with Gasteiger partial charge in [-0.3, -0.25) is 4.79 Å². The normalized spacial score (nSPS) is 34.4. The van der Waals surface area contributed by atoms with E-state index in [1.165, 1.54) is 17.5 Å². The number of fused-ring (bicyclic) bond motifs is 1. The molecule has 2 fully saturated rings. The van der Waals surface area contributed by atoms with Gasteiger partial charge in [-0.2, -0.15) is 0 Å². The van der Waals surface area contributed by atoms with Gasteiger partial charge in [0.05, 0.1) is 5.92 Å². The molecule has 17 heavy (non-hydrogen) atoms. The van der Waals surface area contributed by atoms with Gasteiger partial charge in [0.2, 0.25) is 0 Å². The van der Waals surface area contributed by atoms with E-state index >= 15 is 0 Å². The van der Waals surface area contributed by atoms with Crippen LogP contribution in [0.15, 0.2) is 24.3 Å². The maximum Gasteiger partial charge on any atom is 0.307 e. The minimum Gasteiger partial charge on any atom is -0.481 e. The zero-order valence-corrected chi connectivity index (χ0v) is 10.1. The Kier molecular flexibility index (Phi) is 2.29. The van der Waals surface area contributed by atoms with Crippen molar-refractivity contribution in [2.45, 2.75) is 32.6 Å². The lowest BCUT2D eigenvalue weighted by atomic mass is 9.89. The lowest BCUT2D eigenvalue weighted by molar-refractivity contribution is -0.140. The summed E-state index contributed by atoms with van der Waals surface area (Å²) in [5.74, 6) is -0.209. The van der Waals surface area contributed by atoms with Gasteiger partial charge in [0.25, 0.3) is 0 Å². The number of hydrogen-bond donors (Lipinski definition) is 1. The summed E-state index contributed by atoms with van der Waals surface area (Å²) in [6.45, 7) is 2.12. The molecule has 2 aliphatic rings. The van der Waals surface area contributed by atoms with Crippen LogP contribution in [0.25, 0.3) is 0 Å². The molecule has 1 aromatic carbocycles. The quantitative estimate of drug-likeness (QED) is 0.866. The van der Waals surface area contributed by atoms with Crippen LogP contribution in [-0.2, 0) is 11.2 Å². The molecule has 0 bridgehead atoms. The first-order valence-electron chi connectivity index (χ1n) is 6.42. The number of hydrogen-bond acceptors (Lipinski definition) is 1. The fraction of sp³-hybridized carbons (Fsp3) is 0.533. The fourth-order valence-corrected chi connectivity index (χ4v) is 3.93. The Morgan fingerprint density at radius 1 is 1.47 bits per heavy atom. The van der Waals surface area contributed by atoms with Crippen molar-refractivity contribution in [3.05, 3.63) is 35.4 Å². The van der Waals surface area contributed by atoms with Crippen molar-refractivity contribution < 1.29 is 9.90 Å². The van der Waals surface area contributed by atoms with E-state index in [1.807, 2.05) is 6.07 Å². The first-order chi connectivity index (χ1) is 8.15. The molecule has 2 nitrogen and oxygen atoms in total. The Bertz CT molecular complexity index is 466. The Balaban J connectivity index is 1.86. The molecule has 0 radical (unpaired) electrons. The highest BCUT2D eigenvalue weighted by Crippen LogP contribution is 2.69. The van der Waals surface area contributed by atoms with Gasteiger partial charge in [0.1, 0.15) is 0 Å². The predicted octanol–water partition coefficient (Wildman–Crippen LogP) is 3.04. The minimum absolute atomic E-state index is 0.0733. The number of benzene rings is 1. The van der Waals surface area contributed by atoms with Gasteiger partial charge in [-0.1, -0.05) is 30.7 Å². The molecule has 3 atom stereocenters. The summed E-state index contributed by atoms with van der Waals surface area (Å²) in [5.41, 5.74) is 2.73. The highest BCUT2D eigenvalue weighted by atomic mass is 16.4. The third-order valence-corrected chi connectivity index (χ3v) is 4.86. The second-order valence-electron chi connectivity index (χ2n) is 5.65. The summed E-state index contributed by atoms with van der Waals surface area (Å²) >= 11 is 0. The van der Waals surface area contributed by atoms with Gasteiger partial charge in [0, 0.05) is 0 Å². The van der Waals surface area contributed by atoms with Crippen LogP contribution < -0.4 is 0 Å². The number of carbonyl (C=O) groups is 1. The summed E-state index contributed by atoms with van der Waals surface area (Å²) in [5, 5.41) is 9.27. The third kappa shape index (κ3) is 1.50. The smallest absolute Gasteiger partial charge is 0.307 e. The van der Waals surface area contributed by atoms with Crippen LogP contribution in [0.2, 0.25) is 0 Å². The van der Waals surface area contributed by atoms with Gasteiger partial charge in [-0.05, 0) is 48.6 Å². The molecule has 1 N–H and O–H groups in total. The van der Waals surface area contributed by atoms with Gasteiger partial charge >= 0.3 is 5.97 Å². The number of carboxylic acid groups (broad SMARTS) is 1. The van der Waals surface area contributed by atoms with Crippen LogP contribution in [-0.4, -0.2) is 11.1 Å². The van der Waals surface area contributed by atoms with E-state index in [-0.39, 0.29) is 11.3 Å². The summed E-state index contributed by atoms with van der Waals surface area (Å²) in [6.07, 6.45) is 4.38. The van der Waals surface area contributed by atoms with Crippen molar-refractivity contribution in [3.63, 3.8) is 0 Å². The molecule has 3 rings (SSSR count). The van der Waals surface area contributed by atoms with Crippen molar-refractivity contribution in [1.82, 2.24) is 0 Å². The minimum atomic E-state index is -0.580. The summed E-state index contributed by atoms with van der Waals surface area (Å²) < 4.78 is 0. The molecule has 1 aromatic rings. The molecular formula is C15H18O2.